The fourth-order valence-electron chi connectivity index (χ4n) is 0.776. The number of ether oxygens (including phenoxy) is 1. The van der Waals surface area contributed by atoms with Crippen molar-refractivity contribution in [3.05, 3.63) is 23.7 Å². The van der Waals surface area contributed by atoms with Crippen LogP contribution in [0.25, 0.3) is 0 Å². The zero-order valence-corrected chi connectivity index (χ0v) is 5.96. The molecule has 0 aliphatic rings. The molecule has 3 nitrogen and oxygen atoms in total. The van der Waals surface area contributed by atoms with E-state index in [0.717, 1.165) is 11.3 Å². The topological polar surface area (TPSA) is 48.4 Å². The molecule has 0 saturated carbocycles. The Kier molecular flexibility index (Phi) is 2.48. The maximum atomic E-state index is 5.32. The average molecular weight is 141 g/mol. The van der Waals surface area contributed by atoms with E-state index in [1.54, 1.807) is 13.4 Å². The Morgan fingerprint density at radius 2 is 2.50 bits per heavy atom. The van der Waals surface area contributed by atoms with E-state index in [9.17, 15) is 0 Å². The van der Waals surface area contributed by atoms with Crippen LogP contribution in [0.3, 0.4) is 0 Å². The van der Waals surface area contributed by atoms with Gasteiger partial charge in [0.1, 0.15) is 5.76 Å². The van der Waals surface area contributed by atoms with E-state index in [2.05, 4.69) is 0 Å². The Morgan fingerprint density at radius 3 is 3.00 bits per heavy atom. The lowest BCUT2D eigenvalue weighted by atomic mass is 10.3. The van der Waals surface area contributed by atoms with Crippen molar-refractivity contribution < 1.29 is 9.15 Å². The molecule has 0 amide bonds. The third-order valence-electron chi connectivity index (χ3n) is 1.22. The van der Waals surface area contributed by atoms with Crippen LogP contribution in [0.2, 0.25) is 0 Å². The third kappa shape index (κ3) is 1.59. The fourth-order valence-corrected chi connectivity index (χ4v) is 0.776. The largest absolute Gasteiger partial charge is 0.468 e. The lowest BCUT2D eigenvalue weighted by Crippen LogP contribution is -1.92. The second-order valence-electron chi connectivity index (χ2n) is 2.06. The summed E-state index contributed by atoms with van der Waals surface area (Å²) in [7, 11) is 1.65. The smallest absolute Gasteiger partial charge is 0.117 e. The molecule has 0 saturated heterocycles. The molecule has 1 heterocycles. The molecule has 0 aliphatic carbocycles. The lowest BCUT2D eigenvalue weighted by Gasteiger charge is -1.88. The maximum absolute atomic E-state index is 5.32. The molecule has 2 N–H and O–H groups in total. The number of methoxy groups -OCH3 is 1. The molecule has 0 spiro atoms. The van der Waals surface area contributed by atoms with Crippen molar-refractivity contribution >= 4 is 0 Å². The second kappa shape index (κ2) is 3.39. The van der Waals surface area contributed by atoms with Crippen molar-refractivity contribution in [2.75, 3.05) is 7.11 Å². The lowest BCUT2D eigenvalue weighted by molar-refractivity contribution is 0.184. The van der Waals surface area contributed by atoms with E-state index >= 15 is 0 Å². The summed E-state index contributed by atoms with van der Waals surface area (Å²) >= 11 is 0. The van der Waals surface area contributed by atoms with E-state index in [1.165, 1.54) is 0 Å². The summed E-state index contributed by atoms with van der Waals surface area (Å²) in [4.78, 5) is 0. The van der Waals surface area contributed by atoms with Crippen LogP contribution < -0.4 is 5.73 Å². The molecule has 0 unspecified atom stereocenters. The molecule has 0 bridgehead atoms. The van der Waals surface area contributed by atoms with Crippen LogP contribution in [0, 0.1) is 0 Å². The van der Waals surface area contributed by atoms with Gasteiger partial charge in [-0.1, -0.05) is 0 Å². The Morgan fingerprint density at radius 1 is 1.70 bits per heavy atom. The van der Waals surface area contributed by atoms with Crippen LogP contribution in [0.1, 0.15) is 11.3 Å². The fraction of sp³-hybridized carbons (Fsp3) is 0.429. The van der Waals surface area contributed by atoms with Crippen molar-refractivity contribution in [1.29, 1.82) is 0 Å². The van der Waals surface area contributed by atoms with E-state index < -0.39 is 0 Å². The van der Waals surface area contributed by atoms with Crippen LogP contribution in [-0.2, 0) is 17.9 Å². The van der Waals surface area contributed by atoms with Gasteiger partial charge in [-0.25, -0.2) is 0 Å². The predicted octanol–water partition coefficient (Wildman–Crippen LogP) is 0.885. The van der Waals surface area contributed by atoms with Gasteiger partial charge in [-0.05, 0) is 6.07 Å². The average Bonchev–Trinajstić information content (AvgIpc) is 2.37. The second-order valence-corrected chi connectivity index (χ2v) is 2.06. The molecular weight excluding hydrogens is 130 g/mol. The van der Waals surface area contributed by atoms with Crippen LogP contribution >= 0.6 is 0 Å². The molecule has 1 aromatic rings. The molecule has 0 atom stereocenters. The van der Waals surface area contributed by atoms with E-state index in [-0.39, 0.29) is 0 Å². The van der Waals surface area contributed by atoms with Gasteiger partial charge in [0.2, 0.25) is 0 Å². The summed E-state index contributed by atoms with van der Waals surface area (Å²) in [6, 6.07) is 1.89. The minimum absolute atomic E-state index is 0.448. The summed E-state index contributed by atoms with van der Waals surface area (Å²) < 4.78 is 9.95. The highest BCUT2D eigenvalue weighted by Gasteiger charge is 1.97. The van der Waals surface area contributed by atoms with E-state index in [0.29, 0.717) is 13.2 Å². The van der Waals surface area contributed by atoms with Crippen LogP contribution in [0.4, 0.5) is 0 Å². The van der Waals surface area contributed by atoms with Crippen molar-refractivity contribution in [1.82, 2.24) is 0 Å². The number of furan rings is 1. The molecule has 0 aromatic carbocycles. The first-order valence-electron chi connectivity index (χ1n) is 3.12. The molecule has 0 radical (unpaired) electrons. The van der Waals surface area contributed by atoms with E-state index in [4.69, 9.17) is 14.9 Å². The Labute approximate surface area is 59.8 Å². The van der Waals surface area contributed by atoms with Crippen LogP contribution in [-0.4, -0.2) is 7.11 Å². The zero-order valence-electron chi connectivity index (χ0n) is 5.96. The van der Waals surface area contributed by atoms with Gasteiger partial charge in [-0.3, -0.25) is 0 Å². The van der Waals surface area contributed by atoms with Gasteiger partial charge in [0.15, 0.2) is 0 Å². The first-order valence-corrected chi connectivity index (χ1v) is 3.12. The molecule has 56 valence electrons. The Balaban J connectivity index is 2.59. The van der Waals surface area contributed by atoms with Gasteiger partial charge in [0.25, 0.3) is 0 Å². The number of hydrogen-bond donors (Lipinski definition) is 1. The third-order valence-corrected chi connectivity index (χ3v) is 1.22. The number of hydrogen-bond acceptors (Lipinski definition) is 3. The minimum Gasteiger partial charge on any atom is -0.468 e. The minimum atomic E-state index is 0.448. The quantitative estimate of drug-likeness (QED) is 0.679. The normalized spacial score (nSPS) is 10.2. The highest BCUT2D eigenvalue weighted by Crippen LogP contribution is 2.07. The summed E-state index contributed by atoms with van der Waals surface area (Å²) in [5.74, 6) is 0.798. The summed E-state index contributed by atoms with van der Waals surface area (Å²) in [5, 5.41) is 0. The van der Waals surface area contributed by atoms with Gasteiger partial charge in [-0.15, -0.1) is 0 Å². The van der Waals surface area contributed by atoms with Gasteiger partial charge in [-0.2, -0.15) is 0 Å². The Bertz CT molecular complexity index is 195. The molecule has 1 rings (SSSR count). The predicted molar refractivity (Wildman–Crippen MR) is 37.3 cm³/mol. The molecule has 0 aliphatic heterocycles. The summed E-state index contributed by atoms with van der Waals surface area (Å²) in [6.07, 6.45) is 1.66. The molecule has 1 aromatic heterocycles. The van der Waals surface area contributed by atoms with Crippen molar-refractivity contribution in [3.8, 4) is 0 Å². The highest BCUT2D eigenvalue weighted by atomic mass is 16.5. The molecule has 10 heavy (non-hydrogen) atoms. The molecular formula is C7H11NO2. The first-order chi connectivity index (χ1) is 4.86. The van der Waals surface area contributed by atoms with Crippen LogP contribution in [0.15, 0.2) is 16.7 Å². The summed E-state index contributed by atoms with van der Waals surface area (Å²) in [6.45, 7) is 1.03. The SMILES string of the molecule is COCc1coc(CN)c1. The number of rotatable bonds is 3. The van der Waals surface area contributed by atoms with Crippen molar-refractivity contribution in [3.63, 3.8) is 0 Å². The molecule has 3 heteroatoms. The number of nitrogens with two attached hydrogens (primary N) is 1. The summed E-state index contributed by atoms with van der Waals surface area (Å²) in [5.41, 5.74) is 6.36. The Hall–Kier alpha value is -0.800. The van der Waals surface area contributed by atoms with Gasteiger partial charge >= 0.3 is 0 Å². The monoisotopic (exact) mass is 141 g/mol. The van der Waals surface area contributed by atoms with Crippen LogP contribution in [0.5, 0.6) is 0 Å². The van der Waals surface area contributed by atoms with E-state index in [1.807, 2.05) is 6.07 Å². The maximum Gasteiger partial charge on any atom is 0.117 e. The van der Waals surface area contributed by atoms with Gasteiger partial charge in [0.05, 0.1) is 19.4 Å². The van der Waals surface area contributed by atoms with Crippen molar-refractivity contribution in [2.24, 2.45) is 5.73 Å². The van der Waals surface area contributed by atoms with Gasteiger partial charge < -0.3 is 14.9 Å². The van der Waals surface area contributed by atoms with Crippen molar-refractivity contribution in [2.45, 2.75) is 13.2 Å². The standard InChI is InChI=1S/C7H11NO2/c1-9-4-6-2-7(3-8)10-5-6/h2,5H,3-4,8H2,1H3. The van der Waals surface area contributed by atoms with Gasteiger partial charge in [0, 0.05) is 12.7 Å². The zero-order chi connectivity index (χ0) is 7.40. The first kappa shape index (κ1) is 7.31. The molecule has 0 fully saturated rings. The highest BCUT2D eigenvalue weighted by molar-refractivity contribution is 5.11.